The number of hydrogen-bond donors (Lipinski definition) is 3. The Morgan fingerprint density at radius 1 is 1.37 bits per heavy atom. The van der Waals surface area contributed by atoms with Gasteiger partial charge in [0, 0.05) is 31.1 Å². The van der Waals surface area contributed by atoms with Gasteiger partial charge in [0.05, 0.1) is 7.11 Å². The predicted molar refractivity (Wildman–Crippen MR) is 80.7 cm³/mol. The van der Waals surface area contributed by atoms with E-state index < -0.39 is 0 Å². The number of aryl methyl sites for hydroxylation is 1. The average Bonchev–Trinajstić information content (AvgIpc) is 2.38. The van der Waals surface area contributed by atoms with Crippen LogP contribution in [0.3, 0.4) is 0 Å². The SMILES string of the molecule is COc1ccc(C(C)(C)CNCC(N)CN)cc1C. The van der Waals surface area contributed by atoms with Crippen LogP contribution in [0.15, 0.2) is 18.2 Å². The van der Waals surface area contributed by atoms with Gasteiger partial charge >= 0.3 is 0 Å². The van der Waals surface area contributed by atoms with Crippen LogP contribution in [-0.4, -0.2) is 32.8 Å². The average molecular weight is 265 g/mol. The minimum atomic E-state index is 0.0217. The minimum absolute atomic E-state index is 0.0217. The normalized spacial score (nSPS) is 13.4. The first-order valence-electron chi connectivity index (χ1n) is 6.72. The van der Waals surface area contributed by atoms with Crippen molar-refractivity contribution < 1.29 is 4.74 Å². The van der Waals surface area contributed by atoms with Crippen molar-refractivity contribution in [1.29, 1.82) is 0 Å². The molecule has 0 saturated carbocycles. The Kier molecular flexibility index (Phi) is 5.79. The molecular weight excluding hydrogens is 238 g/mol. The van der Waals surface area contributed by atoms with E-state index in [0.29, 0.717) is 6.54 Å². The maximum atomic E-state index is 5.80. The van der Waals surface area contributed by atoms with Crippen molar-refractivity contribution >= 4 is 0 Å². The van der Waals surface area contributed by atoms with E-state index in [1.807, 2.05) is 6.07 Å². The van der Waals surface area contributed by atoms with Crippen LogP contribution in [0.25, 0.3) is 0 Å². The molecule has 4 heteroatoms. The van der Waals surface area contributed by atoms with Crippen LogP contribution in [-0.2, 0) is 5.41 Å². The van der Waals surface area contributed by atoms with Crippen molar-refractivity contribution in [3.8, 4) is 5.75 Å². The summed E-state index contributed by atoms with van der Waals surface area (Å²) >= 11 is 0. The maximum absolute atomic E-state index is 5.80. The lowest BCUT2D eigenvalue weighted by molar-refractivity contribution is 0.410. The molecule has 0 aliphatic rings. The summed E-state index contributed by atoms with van der Waals surface area (Å²) in [5.74, 6) is 0.928. The second-order valence-corrected chi connectivity index (χ2v) is 5.69. The largest absolute Gasteiger partial charge is 0.496 e. The fourth-order valence-electron chi connectivity index (χ4n) is 2.05. The van der Waals surface area contributed by atoms with Crippen molar-refractivity contribution in [2.45, 2.75) is 32.2 Å². The zero-order chi connectivity index (χ0) is 14.5. The fourth-order valence-corrected chi connectivity index (χ4v) is 2.05. The van der Waals surface area contributed by atoms with Gasteiger partial charge in [-0.1, -0.05) is 26.0 Å². The van der Waals surface area contributed by atoms with Crippen LogP contribution < -0.4 is 21.5 Å². The molecule has 1 atom stereocenters. The molecule has 0 aromatic heterocycles. The first-order valence-corrected chi connectivity index (χ1v) is 6.72. The lowest BCUT2D eigenvalue weighted by Gasteiger charge is -2.27. The van der Waals surface area contributed by atoms with Gasteiger partial charge in [-0.15, -0.1) is 0 Å². The summed E-state index contributed by atoms with van der Waals surface area (Å²) in [6.07, 6.45) is 0. The zero-order valence-corrected chi connectivity index (χ0v) is 12.5. The molecule has 0 amide bonds. The number of methoxy groups -OCH3 is 1. The number of nitrogens with one attached hydrogen (secondary N) is 1. The quantitative estimate of drug-likeness (QED) is 0.691. The van der Waals surface area contributed by atoms with Gasteiger partial charge < -0.3 is 21.5 Å². The molecule has 19 heavy (non-hydrogen) atoms. The molecule has 0 heterocycles. The van der Waals surface area contributed by atoms with E-state index in [4.69, 9.17) is 16.2 Å². The van der Waals surface area contributed by atoms with E-state index in [1.54, 1.807) is 7.11 Å². The molecule has 0 aliphatic carbocycles. The van der Waals surface area contributed by atoms with Gasteiger partial charge in [-0.3, -0.25) is 0 Å². The molecule has 0 fully saturated rings. The lowest BCUT2D eigenvalue weighted by atomic mass is 9.83. The van der Waals surface area contributed by atoms with Crippen LogP contribution >= 0.6 is 0 Å². The topological polar surface area (TPSA) is 73.3 Å². The van der Waals surface area contributed by atoms with Gasteiger partial charge in [-0.05, 0) is 24.1 Å². The highest BCUT2D eigenvalue weighted by molar-refractivity contribution is 5.39. The molecule has 1 rings (SSSR count). The van der Waals surface area contributed by atoms with Gasteiger partial charge in [-0.2, -0.15) is 0 Å². The lowest BCUT2D eigenvalue weighted by Crippen LogP contribution is -2.43. The summed E-state index contributed by atoms with van der Waals surface area (Å²) in [5, 5.41) is 3.39. The third-order valence-electron chi connectivity index (χ3n) is 3.45. The second-order valence-electron chi connectivity index (χ2n) is 5.69. The predicted octanol–water partition coefficient (Wildman–Crippen LogP) is 1.16. The second kappa shape index (κ2) is 6.89. The van der Waals surface area contributed by atoms with Gasteiger partial charge in [-0.25, -0.2) is 0 Å². The standard InChI is InChI=1S/C15H27N3O/c1-11-7-12(5-6-14(11)19-4)15(2,3)10-18-9-13(17)8-16/h5-7,13,18H,8-10,16-17H2,1-4H3. The number of ether oxygens (including phenoxy) is 1. The minimum Gasteiger partial charge on any atom is -0.496 e. The summed E-state index contributed by atoms with van der Waals surface area (Å²) in [7, 11) is 1.70. The molecular formula is C15H27N3O. The van der Waals surface area contributed by atoms with E-state index in [-0.39, 0.29) is 11.5 Å². The maximum Gasteiger partial charge on any atom is 0.121 e. The van der Waals surface area contributed by atoms with Crippen molar-refractivity contribution in [3.63, 3.8) is 0 Å². The molecule has 4 nitrogen and oxygen atoms in total. The van der Waals surface area contributed by atoms with Crippen molar-refractivity contribution in [3.05, 3.63) is 29.3 Å². The van der Waals surface area contributed by atoms with Crippen LogP contribution in [0.4, 0.5) is 0 Å². The smallest absolute Gasteiger partial charge is 0.121 e. The molecule has 1 aromatic carbocycles. The molecule has 0 saturated heterocycles. The van der Waals surface area contributed by atoms with Gasteiger partial charge in [0.1, 0.15) is 5.75 Å². The van der Waals surface area contributed by atoms with Crippen molar-refractivity contribution in [1.82, 2.24) is 5.32 Å². The molecule has 0 aliphatic heterocycles. The van der Waals surface area contributed by atoms with Gasteiger partial charge in [0.15, 0.2) is 0 Å². The van der Waals surface area contributed by atoms with Crippen LogP contribution in [0.5, 0.6) is 5.75 Å². The monoisotopic (exact) mass is 265 g/mol. The highest BCUT2D eigenvalue weighted by Crippen LogP contribution is 2.27. The van der Waals surface area contributed by atoms with Crippen LogP contribution in [0.1, 0.15) is 25.0 Å². The summed E-state index contributed by atoms with van der Waals surface area (Å²) in [4.78, 5) is 0. The van der Waals surface area contributed by atoms with Crippen molar-refractivity contribution in [2.24, 2.45) is 11.5 Å². The Hall–Kier alpha value is -1.10. The number of nitrogens with two attached hydrogens (primary N) is 2. The molecule has 1 aromatic rings. The van der Waals surface area contributed by atoms with E-state index in [1.165, 1.54) is 5.56 Å². The molecule has 1 unspecified atom stereocenters. The van der Waals surface area contributed by atoms with Gasteiger partial charge in [0.25, 0.3) is 0 Å². The highest BCUT2D eigenvalue weighted by atomic mass is 16.5. The van der Waals surface area contributed by atoms with E-state index in [2.05, 4.69) is 38.2 Å². The Morgan fingerprint density at radius 2 is 2.05 bits per heavy atom. The van der Waals surface area contributed by atoms with Gasteiger partial charge in [0.2, 0.25) is 0 Å². The fraction of sp³-hybridized carbons (Fsp3) is 0.600. The van der Waals surface area contributed by atoms with E-state index in [0.717, 1.165) is 24.4 Å². The molecule has 108 valence electrons. The first kappa shape index (κ1) is 16.0. The van der Waals surface area contributed by atoms with Crippen molar-refractivity contribution in [2.75, 3.05) is 26.7 Å². The molecule has 5 N–H and O–H groups in total. The summed E-state index contributed by atoms with van der Waals surface area (Å²) in [6, 6.07) is 6.35. The third-order valence-corrected chi connectivity index (χ3v) is 3.45. The molecule has 0 radical (unpaired) electrons. The first-order chi connectivity index (χ1) is 8.90. The summed E-state index contributed by atoms with van der Waals surface area (Å²) in [6.45, 7) is 8.62. The molecule has 0 bridgehead atoms. The Balaban J connectivity index is 2.68. The van der Waals surface area contributed by atoms with Crippen LogP contribution in [0, 0.1) is 6.92 Å². The Labute approximate surface area is 116 Å². The summed E-state index contributed by atoms with van der Waals surface area (Å²) < 4.78 is 5.29. The number of benzene rings is 1. The highest BCUT2D eigenvalue weighted by Gasteiger charge is 2.21. The van der Waals surface area contributed by atoms with E-state index in [9.17, 15) is 0 Å². The molecule has 0 spiro atoms. The number of hydrogen-bond acceptors (Lipinski definition) is 4. The Bertz CT molecular complexity index is 404. The Morgan fingerprint density at radius 3 is 2.58 bits per heavy atom. The summed E-state index contributed by atoms with van der Waals surface area (Å²) in [5.41, 5.74) is 13.8. The zero-order valence-electron chi connectivity index (χ0n) is 12.5. The third kappa shape index (κ3) is 4.49. The number of rotatable bonds is 7. The van der Waals surface area contributed by atoms with E-state index >= 15 is 0 Å². The van der Waals surface area contributed by atoms with Crippen LogP contribution in [0.2, 0.25) is 0 Å².